The van der Waals surface area contributed by atoms with Gasteiger partial charge < -0.3 is 15.0 Å². The number of hydrogen-bond donors (Lipinski definition) is 1. The molecule has 0 spiro atoms. The van der Waals surface area contributed by atoms with Crippen LogP contribution in [0.4, 0.5) is 5.69 Å². The molecule has 0 aliphatic carbocycles. The monoisotopic (exact) mass is 237 g/mol. The molecule has 0 radical (unpaired) electrons. The minimum atomic E-state index is 0.707. The van der Waals surface area contributed by atoms with Crippen molar-refractivity contribution in [3.8, 4) is 5.75 Å². The maximum Gasteiger partial charge on any atom is 0.139 e. The van der Waals surface area contributed by atoms with Crippen LogP contribution in [-0.4, -0.2) is 42.7 Å². The fraction of sp³-hybridized carbons (Fsp3) is 0.615. The summed E-state index contributed by atoms with van der Waals surface area (Å²) in [4.78, 5) is 6.48. The Kier molecular flexibility index (Phi) is 6.40. The van der Waals surface area contributed by atoms with E-state index < -0.39 is 0 Å². The van der Waals surface area contributed by atoms with E-state index in [-0.39, 0.29) is 0 Å². The van der Waals surface area contributed by atoms with Gasteiger partial charge in [-0.3, -0.25) is 4.98 Å². The summed E-state index contributed by atoms with van der Waals surface area (Å²) in [6.07, 6.45) is 3.56. The zero-order chi connectivity index (χ0) is 12.5. The first kappa shape index (κ1) is 13.8. The van der Waals surface area contributed by atoms with E-state index in [2.05, 4.69) is 36.0 Å². The largest absolute Gasteiger partial charge is 0.491 e. The van der Waals surface area contributed by atoms with E-state index in [0.29, 0.717) is 6.61 Å². The fourth-order valence-electron chi connectivity index (χ4n) is 1.63. The van der Waals surface area contributed by atoms with Gasteiger partial charge in [-0.25, -0.2) is 0 Å². The third-order valence-electron chi connectivity index (χ3n) is 2.66. The maximum atomic E-state index is 5.68. The van der Waals surface area contributed by atoms with Crippen LogP contribution in [0.5, 0.6) is 5.75 Å². The highest BCUT2D eigenvalue weighted by atomic mass is 16.5. The highest BCUT2D eigenvalue weighted by Gasteiger charge is 2.00. The van der Waals surface area contributed by atoms with Crippen LogP contribution in [-0.2, 0) is 0 Å². The summed E-state index contributed by atoms with van der Waals surface area (Å²) >= 11 is 0. The number of hydrogen-bond acceptors (Lipinski definition) is 4. The van der Waals surface area contributed by atoms with Crippen molar-refractivity contribution in [3.05, 3.63) is 18.5 Å². The lowest BCUT2D eigenvalue weighted by Crippen LogP contribution is -2.27. The Morgan fingerprint density at radius 3 is 2.65 bits per heavy atom. The SMILES string of the molecule is CCNc1cncc(OCCN(CC)CC)c1. The van der Waals surface area contributed by atoms with E-state index in [0.717, 1.165) is 37.6 Å². The van der Waals surface area contributed by atoms with Gasteiger partial charge in [0, 0.05) is 19.2 Å². The smallest absolute Gasteiger partial charge is 0.139 e. The normalized spacial score (nSPS) is 10.6. The number of aromatic nitrogens is 1. The lowest BCUT2D eigenvalue weighted by molar-refractivity contribution is 0.222. The molecule has 0 saturated heterocycles. The maximum absolute atomic E-state index is 5.68. The summed E-state index contributed by atoms with van der Waals surface area (Å²) < 4.78 is 5.68. The van der Waals surface area contributed by atoms with Gasteiger partial charge in [0.1, 0.15) is 12.4 Å². The van der Waals surface area contributed by atoms with Crippen LogP contribution in [0.25, 0.3) is 0 Å². The van der Waals surface area contributed by atoms with E-state index in [1.54, 1.807) is 12.4 Å². The first-order chi connectivity index (χ1) is 8.30. The van der Waals surface area contributed by atoms with Gasteiger partial charge >= 0.3 is 0 Å². The molecule has 0 aliphatic rings. The number of nitrogens with one attached hydrogen (secondary N) is 1. The van der Waals surface area contributed by atoms with Gasteiger partial charge in [0.15, 0.2) is 0 Å². The Hall–Kier alpha value is -1.29. The van der Waals surface area contributed by atoms with E-state index in [9.17, 15) is 0 Å². The lowest BCUT2D eigenvalue weighted by atomic mass is 10.4. The van der Waals surface area contributed by atoms with Gasteiger partial charge in [-0.05, 0) is 20.0 Å². The minimum absolute atomic E-state index is 0.707. The van der Waals surface area contributed by atoms with Gasteiger partial charge in [0.2, 0.25) is 0 Å². The summed E-state index contributed by atoms with van der Waals surface area (Å²) in [5.41, 5.74) is 1.01. The van der Waals surface area contributed by atoms with E-state index in [1.165, 1.54) is 0 Å². The molecule has 1 aromatic heterocycles. The molecule has 1 heterocycles. The van der Waals surface area contributed by atoms with Crippen molar-refractivity contribution < 1.29 is 4.74 Å². The molecule has 0 atom stereocenters. The van der Waals surface area contributed by atoms with E-state index in [1.807, 2.05) is 6.07 Å². The van der Waals surface area contributed by atoms with Crippen molar-refractivity contribution in [1.29, 1.82) is 0 Å². The number of rotatable bonds is 8. The summed E-state index contributed by atoms with van der Waals surface area (Å²) in [6, 6.07) is 1.98. The van der Waals surface area contributed by atoms with Gasteiger partial charge in [-0.1, -0.05) is 13.8 Å². The van der Waals surface area contributed by atoms with Crippen molar-refractivity contribution in [3.63, 3.8) is 0 Å². The fourth-order valence-corrected chi connectivity index (χ4v) is 1.63. The molecule has 0 aliphatic heterocycles. The standard InChI is InChI=1S/C13H23N3O/c1-4-15-12-9-13(11-14-10-12)17-8-7-16(5-2)6-3/h9-11,15H,4-8H2,1-3H3. The molecule has 17 heavy (non-hydrogen) atoms. The number of anilines is 1. The number of pyridine rings is 1. The Labute approximate surface area is 104 Å². The van der Waals surface area contributed by atoms with E-state index >= 15 is 0 Å². The van der Waals surface area contributed by atoms with Crippen molar-refractivity contribution in [2.24, 2.45) is 0 Å². The minimum Gasteiger partial charge on any atom is -0.491 e. The van der Waals surface area contributed by atoms with Crippen molar-refractivity contribution in [1.82, 2.24) is 9.88 Å². The molecule has 0 saturated carbocycles. The van der Waals surface area contributed by atoms with Gasteiger partial charge in [0.25, 0.3) is 0 Å². The van der Waals surface area contributed by atoms with Crippen LogP contribution in [0.15, 0.2) is 18.5 Å². The molecular formula is C13H23N3O. The summed E-state index contributed by atoms with van der Waals surface area (Å²) in [5, 5.41) is 3.22. The summed E-state index contributed by atoms with van der Waals surface area (Å²) in [5.74, 6) is 0.829. The Balaban J connectivity index is 2.38. The zero-order valence-electron chi connectivity index (χ0n) is 11.1. The second-order valence-corrected chi connectivity index (χ2v) is 3.81. The lowest BCUT2D eigenvalue weighted by Gasteiger charge is -2.18. The molecule has 1 N–H and O–H groups in total. The highest BCUT2D eigenvalue weighted by molar-refractivity contribution is 5.44. The topological polar surface area (TPSA) is 37.4 Å². The molecule has 96 valence electrons. The van der Waals surface area contributed by atoms with Crippen LogP contribution in [0.1, 0.15) is 20.8 Å². The van der Waals surface area contributed by atoms with Crippen LogP contribution in [0, 0.1) is 0 Å². The molecule has 1 aromatic rings. The first-order valence-corrected chi connectivity index (χ1v) is 6.34. The molecule has 1 rings (SSSR count). The summed E-state index contributed by atoms with van der Waals surface area (Å²) in [6.45, 7) is 11.1. The average Bonchev–Trinajstić information content (AvgIpc) is 2.36. The third-order valence-corrected chi connectivity index (χ3v) is 2.66. The average molecular weight is 237 g/mol. The Morgan fingerprint density at radius 1 is 1.24 bits per heavy atom. The Morgan fingerprint density at radius 2 is 2.00 bits per heavy atom. The van der Waals surface area contributed by atoms with Crippen LogP contribution >= 0.6 is 0 Å². The molecule has 0 amide bonds. The molecule has 0 unspecified atom stereocenters. The van der Waals surface area contributed by atoms with Gasteiger partial charge in [-0.15, -0.1) is 0 Å². The number of likely N-dealkylation sites (N-methyl/N-ethyl adjacent to an activating group) is 1. The van der Waals surface area contributed by atoms with Crippen molar-refractivity contribution in [2.45, 2.75) is 20.8 Å². The van der Waals surface area contributed by atoms with Crippen LogP contribution in [0.2, 0.25) is 0 Å². The summed E-state index contributed by atoms with van der Waals surface area (Å²) in [7, 11) is 0. The highest BCUT2D eigenvalue weighted by Crippen LogP contribution is 2.14. The second-order valence-electron chi connectivity index (χ2n) is 3.81. The van der Waals surface area contributed by atoms with E-state index in [4.69, 9.17) is 4.74 Å². The number of nitrogens with zero attached hydrogens (tertiary/aromatic N) is 2. The quantitative estimate of drug-likeness (QED) is 0.752. The first-order valence-electron chi connectivity index (χ1n) is 6.34. The molecule has 4 nitrogen and oxygen atoms in total. The van der Waals surface area contributed by atoms with Gasteiger partial charge in [-0.2, -0.15) is 0 Å². The predicted octanol–water partition coefficient (Wildman–Crippen LogP) is 2.23. The van der Waals surface area contributed by atoms with Crippen molar-refractivity contribution >= 4 is 5.69 Å². The zero-order valence-corrected chi connectivity index (χ0v) is 11.1. The molecular weight excluding hydrogens is 214 g/mol. The van der Waals surface area contributed by atoms with Crippen LogP contribution in [0.3, 0.4) is 0 Å². The number of ether oxygens (including phenoxy) is 1. The van der Waals surface area contributed by atoms with Crippen molar-refractivity contribution in [2.75, 3.05) is 38.1 Å². The molecule has 0 aromatic carbocycles. The molecule has 4 heteroatoms. The molecule has 0 bridgehead atoms. The third kappa shape index (κ3) is 5.04. The predicted molar refractivity (Wildman–Crippen MR) is 71.7 cm³/mol. The van der Waals surface area contributed by atoms with Crippen LogP contribution < -0.4 is 10.1 Å². The van der Waals surface area contributed by atoms with Gasteiger partial charge in [0.05, 0.1) is 18.1 Å². The second kappa shape index (κ2) is 7.90. The molecule has 0 fully saturated rings. The Bertz CT molecular complexity index is 313.